The Morgan fingerprint density at radius 2 is 1.65 bits per heavy atom. The molecule has 0 fully saturated rings. The molecule has 0 spiro atoms. The largest absolute Gasteiger partial charge is 0.314 e. The van der Waals surface area contributed by atoms with Crippen molar-refractivity contribution in [3.63, 3.8) is 0 Å². The molecule has 17 heavy (non-hydrogen) atoms. The fourth-order valence-electron chi connectivity index (χ4n) is 2.08. The third kappa shape index (κ3) is 5.88. The average Bonchev–Trinajstić information content (AvgIpc) is 2.32. The molecule has 1 atom stereocenters. The summed E-state index contributed by atoms with van der Waals surface area (Å²) in [5, 5.41) is 3.57. The van der Waals surface area contributed by atoms with Crippen molar-refractivity contribution in [2.24, 2.45) is 0 Å². The van der Waals surface area contributed by atoms with Crippen LogP contribution < -0.4 is 5.32 Å². The molecule has 96 valence electrons. The van der Waals surface area contributed by atoms with Crippen LogP contribution in [-0.2, 0) is 12.8 Å². The summed E-state index contributed by atoms with van der Waals surface area (Å²) in [7, 11) is 0. The second-order valence-electron chi connectivity index (χ2n) is 4.98. The average molecular weight is 233 g/mol. The Balaban J connectivity index is 2.34. The first-order valence-corrected chi connectivity index (χ1v) is 7.07. The topological polar surface area (TPSA) is 12.0 Å². The van der Waals surface area contributed by atoms with Crippen molar-refractivity contribution in [3.8, 4) is 0 Å². The Bertz CT molecular complexity index is 289. The van der Waals surface area contributed by atoms with Crippen molar-refractivity contribution in [3.05, 3.63) is 35.4 Å². The van der Waals surface area contributed by atoms with Crippen LogP contribution in [0.15, 0.2) is 24.3 Å². The molecule has 1 aromatic rings. The molecule has 0 aliphatic carbocycles. The molecule has 0 aliphatic heterocycles. The van der Waals surface area contributed by atoms with Gasteiger partial charge < -0.3 is 5.32 Å². The van der Waals surface area contributed by atoms with E-state index in [1.807, 2.05) is 0 Å². The molecule has 0 bridgehead atoms. The summed E-state index contributed by atoms with van der Waals surface area (Å²) in [6.45, 7) is 7.88. The number of hydrogen-bond donors (Lipinski definition) is 1. The zero-order valence-electron chi connectivity index (χ0n) is 11.6. The van der Waals surface area contributed by atoms with Crippen LogP contribution in [0.5, 0.6) is 0 Å². The number of unbranched alkanes of at least 4 members (excludes halogenated alkanes) is 1. The summed E-state index contributed by atoms with van der Waals surface area (Å²) < 4.78 is 0. The van der Waals surface area contributed by atoms with Gasteiger partial charge in [-0.2, -0.15) is 0 Å². The van der Waals surface area contributed by atoms with Crippen LogP contribution in [0.25, 0.3) is 0 Å². The number of nitrogens with one attached hydrogen (secondary N) is 1. The molecular weight excluding hydrogens is 206 g/mol. The van der Waals surface area contributed by atoms with Crippen molar-refractivity contribution in [1.29, 1.82) is 0 Å². The Kier molecular flexibility index (Phi) is 6.95. The minimum atomic E-state index is 0.582. The van der Waals surface area contributed by atoms with E-state index in [-0.39, 0.29) is 0 Å². The fourth-order valence-corrected chi connectivity index (χ4v) is 2.08. The highest BCUT2D eigenvalue weighted by Gasteiger charge is 2.02. The molecule has 0 amide bonds. The minimum Gasteiger partial charge on any atom is -0.314 e. The Morgan fingerprint density at radius 3 is 2.24 bits per heavy atom. The first-order chi connectivity index (χ1) is 8.26. The smallest absolute Gasteiger partial charge is 0.00791 e. The maximum absolute atomic E-state index is 3.57. The summed E-state index contributed by atoms with van der Waals surface area (Å²) >= 11 is 0. The first-order valence-electron chi connectivity index (χ1n) is 7.07. The predicted molar refractivity (Wildman–Crippen MR) is 76.5 cm³/mol. The van der Waals surface area contributed by atoms with Crippen LogP contribution in [0.4, 0.5) is 0 Å². The highest BCUT2D eigenvalue weighted by Crippen LogP contribution is 2.08. The van der Waals surface area contributed by atoms with E-state index >= 15 is 0 Å². The summed E-state index contributed by atoms with van der Waals surface area (Å²) in [5.74, 6) is 0. The van der Waals surface area contributed by atoms with Crippen LogP contribution in [0.3, 0.4) is 0 Å². The van der Waals surface area contributed by atoms with Gasteiger partial charge in [-0.15, -0.1) is 0 Å². The van der Waals surface area contributed by atoms with E-state index in [9.17, 15) is 0 Å². The van der Waals surface area contributed by atoms with E-state index in [4.69, 9.17) is 0 Å². The van der Waals surface area contributed by atoms with Gasteiger partial charge in [-0.1, -0.05) is 51.0 Å². The fraction of sp³-hybridized carbons (Fsp3) is 0.625. The maximum atomic E-state index is 3.57. The van der Waals surface area contributed by atoms with Gasteiger partial charge in [0.15, 0.2) is 0 Å². The monoisotopic (exact) mass is 233 g/mol. The Hall–Kier alpha value is -0.820. The van der Waals surface area contributed by atoms with Crippen LogP contribution in [0.2, 0.25) is 0 Å². The molecule has 0 heterocycles. The highest BCUT2D eigenvalue weighted by molar-refractivity contribution is 5.23. The van der Waals surface area contributed by atoms with E-state index < -0.39 is 0 Å². The number of aryl methyl sites for hydroxylation is 1. The Labute approximate surface area is 107 Å². The van der Waals surface area contributed by atoms with Gasteiger partial charge >= 0.3 is 0 Å². The van der Waals surface area contributed by atoms with Crippen molar-refractivity contribution >= 4 is 0 Å². The Morgan fingerprint density at radius 1 is 1.00 bits per heavy atom. The van der Waals surface area contributed by atoms with Gasteiger partial charge in [0, 0.05) is 6.04 Å². The van der Waals surface area contributed by atoms with Crippen LogP contribution in [-0.4, -0.2) is 12.6 Å². The lowest BCUT2D eigenvalue weighted by Crippen LogP contribution is -2.28. The van der Waals surface area contributed by atoms with Gasteiger partial charge in [0.05, 0.1) is 0 Å². The van der Waals surface area contributed by atoms with E-state index in [1.165, 1.54) is 36.8 Å². The second kappa shape index (κ2) is 8.30. The van der Waals surface area contributed by atoms with Crippen LogP contribution >= 0.6 is 0 Å². The van der Waals surface area contributed by atoms with E-state index in [2.05, 4.69) is 50.4 Å². The summed E-state index contributed by atoms with van der Waals surface area (Å²) in [4.78, 5) is 0. The molecule has 1 nitrogen and oxygen atoms in total. The highest BCUT2D eigenvalue weighted by atomic mass is 14.9. The summed E-state index contributed by atoms with van der Waals surface area (Å²) in [5.41, 5.74) is 2.91. The van der Waals surface area contributed by atoms with E-state index in [0.29, 0.717) is 6.04 Å². The second-order valence-corrected chi connectivity index (χ2v) is 4.98. The third-order valence-electron chi connectivity index (χ3n) is 3.13. The van der Waals surface area contributed by atoms with Crippen molar-refractivity contribution in [2.75, 3.05) is 6.54 Å². The number of benzene rings is 1. The molecule has 1 N–H and O–H groups in total. The number of hydrogen-bond acceptors (Lipinski definition) is 1. The van der Waals surface area contributed by atoms with Gasteiger partial charge in [-0.25, -0.2) is 0 Å². The zero-order valence-corrected chi connectivity index (χ0v) is 11.6. The van der Waals surface area contributed by atoms with E-state index in [1.54, 1.807) is 0 Å². The molecule has 0 saturated carbocycles. The summed E-state index contributed by atoms with van der Waals surface area (Å²) in [6, 6.07) is 9.69. The SMILES string of the molecule is CCCCNC(C)Cc1ccc(CCC)cc1. The minimum absolute atomic E-state index is 0.582. The molecular formula is C16H27N. The van der Waals surface area contributed by atoms with Gasteiger partial charge in [0.2, 0.25) is 0 Å². The van der Waals surface area contributed by atoms with Crippen LogP contribution in [0.1, 0.15) is 51.2 Å². The molecule has 1 aromatic carbocycles. The zero-order chi connectivity index (χ0) is 12.5. The maximum Gasteiger partial charge on any atom is 0.00791 e. The van der Waals surface area contributed by atoms with Crippen molar-refractivity contribution in [1.82, 2.24) is 5.32 Å². The number of rotatable bonds is 8. The van der Waals surface area contributed by atoms with Gasteiger partial charge in [0.25, 0.3) is 0 Å². The van der Waals surface area contributed by atoms with Gasteiger partial charge in [0.1, 0.15) is 0 Å². The molecule has 0 saturated heterocycles. The van der Waals surface area contributed by atoms with Crippen molar-refractivity contribution < 1.29 is 0 Å². The third-order valence-corrected chi connectivity index (χ3v) is 3.13. The normalized spacial score (nSPS) is 12.6. The van der Waals surface area contributed by atoms with Crippen LogP contribution in [0, 0.1) is 0 Å². The lowest BCUT2D eigenvalue weighted by atomic mass is 10.0. The van der Waals surface area contributed by atoms with Gasteiger partial charge in [-0.3, -0.25) is 0 Å². The molecule has 1 rings (SSSR count). The lowest BCUT2D eigenvalue weighted by molar-refractivity contribution is 0.531. The molecule has 1 heteroatoms. The standard InChI is InChI=1S/C16H27N/c1-4-6-12-17-14(3)13-16-10-8-15(7-5-2)9-11-16/h8-11,14,17H,4-7,12-13H2,1-3H3. The summed E-state index contributed by atoms with van der Waals surface area (Å²) in [6.07, 6.45) is 6.11. The molecule has 0 aliphatic rings. The first kappa shape index (κ1) is 14.2. The predicted octanol–water partition coefficient (Wildman–Crippen LogP) is 3.96. The lowest BCUT2D eigenvalue weighted by Gasteiger charge is -2.13. The molecule has 0 aromatic heterocycles. The van der Waals surface area contributed by atoms with Gasteiger partial charge in [-0.05, 0) is 43.9 Å². The quantitative estimate of drug-likeness (QED) is 0.670. The van der Waals surface area contributed by atoms with E-state index in [0.717, 1.165) is 13.0 Å². The molecule has 1 unspecified atom stereocenters. The molecule has 0 radical (unpaired) electrons. The van der Waals surface area contributed by atoms with Crippen molar-refractivity contribution in [2.45, 2.75) is 58.9 Å².